The molecular formula is C26H37N3O5S. The number of nitrogens with one attached hydrogen (secondary N) is 1. The quantitative estimate of drug-likeness (QED) is 0.451. The summed E-state index contributed by atoms with van der Waals surface area (Å²) in [6.45, 7) is 8.08. The van der Waals surface area contributed by atoms with Crippen molar-refractivity contribution in [3.8, 4) is 5.75 Å². The number of nitrogens with zero attached hydrogens (tertiary/aromatic N) is 2. The molecule has 1 atom stereocenters. The first-order valence-electron chi connectivity index (χ1n) is 11.9. The maximum Gasteiger partial charge on any atom is 0.242 e. The van der Waals surface area contributed by atoms with Gasteiger partial charge in [0.2, 0.25) is 21.8 Å². The number of amides is 2. The lowest BCUT2D eigenvalue weighted by atomic mass is 10.1. The number of benzene rings is 2. The van der Waals surface area contributed by atoms with Gasteiger partial charge >= 0.3 is 0 Å². The van der Waals surface area contributed by atoms with Gasteiger partial charge in [-0.3, -0.25) is 13.9 Å². The molecule has 0 fully saturated rings. The molecule has 0 bridgehead atoms. The molecule has 192 valence electrons. The Balaban J connectivity index is 2.18. The third-order valence-corrected chi connectivity index (χ3v) is 6.56. The molecule has 1 N–H and O–H groups in total. The highest BCUT2D eigenvalue weighted by molar-refractivity contribution is 7.92. The number of hydrogen-bond acceptors (Lipinski definition) is 5. The van der Waals surface area contributed by atoms with Crippen molar-refractivity contribution in [1.82, 2.24) is 10.2 Å². The number of carbonyl (C=O) groups excluding carboxylic acids is 2. The Morgan fingerprint density at radius 3 is 2.23 bits per heavy atom. The maximum absolute atomic E-state index is 13.3. The molecule has 2 amide bonds. The molecule has 0 aliphatic rings. The summed E-state index contributed by atoms with van der Waals surface area (Å²) in [5, 5.41) is 2.86. The Morgan fingerprint density at radius 1 is 1.00 bits per heavy atom. The van der Waals surface area contributed by atoms with Crippen molar-refractivity contribution in [2.24, 2.45) is 0 Å². The zero-order valence-electron chi connectivity index (χ0n) is 21.2. The second-order valence-electron chi connectivity index (χ2n) is 8.69. The molecule has 0 heterocycles. The monoisotopic (exact) mass is 503 g/mol. The lowest BCUT2D eigenvalue weighted by molar-refractivity contribution is -0.140. The lowest BCUT2D eigenvalue weighted by Gasteiger charge is -2.30. The van der Waals surface area contributed by atoms with E-state index in [0.29, 0.717) is 18.0 Å². The van der Waals surface area contributed by atoms with Crippen LogP contribution in [0.15, 0.2) is 54.6 Å². The zero-order chi connectivity index (χ0) is 26.0. The molecule has 0 spiro atoms. The van der Waals surface area contributed by atoms with Crippen molar-refractivity contribution < 1.29 is 22.7 Å². The van der Waals surface area contributed by atoms with Gasteiger partial charge in [-0.25, -0.2) is 8.42 Å². The third kappa shape index (κ3) is 8.58. The van der Waals surface area contributed by atoms with Gasteiger partial charge in [0, 0.05) is 25.6 Å². The van der Waals surface area contributed by atoms with Gasteiger partial charge in [-0.1, -0.05) is 42.5 Å². The van der Waals surface area contributed by atoms with Crippen LogP contribution in [0.25, 0.3) is 0 Å². The third-order valence-electron chi connectivity index (χ3n) is 5.38. The first kappa shape index (κ1) is 28.2. The second kappa shape index (κ2) is 13.1. The van der Waals surface area contributed by atoms with Gasteiger partial charge < -0.3 is 15.0 Å². The van der Waals surface area contributed by atoms with Gasteiger partial charge in [-0.05, 0) is 51.8 Å². The topological polar surface area (TPSA) is 96.0 Å². The van der Waals surface area contributed by atoms with Crippen molar-refractivity contribution in [1.29, 1.82) is 0 Å². The normalized spacial score (nSPS) is 12.2. The van der Waals surface area contributed by atoms with Crippen molar-refractivity contribution in [3.63, 3.8) is 0 Å². The smallest absolute Gasteiger partial charge is 0.242 e. The summed E-state index contributed by atoms with van der Waals surface area (Å²) in [5.74, 6) is 0.0240. The van der Waals surface area contributed by atoms with Crippen LogP contribution in [0.4, 0.5) is 5.69 Å². The number of para-hydroxylation sites is 2. The summed E-state index contributed by atoms with van der Waals surface area (Å²) in [7, 11) is -3.60. The number of rotatable bonds is 13. The van der Waals surface area contributed by atoms with E-state index < -0.39 is 16.1 Å². The van der Waals surface area contributed by atoms with Gasteiger partial charge in [0.25, 0.3) is 0 Å². The standard InChI is InChI=1S/C26H37N3O5S/c1-6-34-24-16-11-10-15-23(24)29(35(5,32)33)18-12-17-25(30)28(19-22-13-8-7-9-14-22)21(4)26(31)27-20(2)3/h7-11,13-16,20-21H,6,12,17-19H2,1-5H3,(H,27,31)/t21-/m0/s1. The van der Waals surface area contributed by atoms with E-state index in [9.17, 15) is 18.0 Å². The fourth-order valence-electron chi connectivity index (χ4n) is 3.69. The molecule has 0 aromatic heterocycles. The molecule has 2 aromatic carbocycles. The molecule has 0 saturated heterocycles. The Hall–Kier alpha value is -3.07. The fourth-order valence-corrected chi connectivity index (χ4v) is 4.66. The largest absolute Gasteiger partial charge is 0.492 e. The number of sulfonamides is 1. The molecular weight excluding hydrogens is 466 g/mol. The van der Waals surface area contributed by atoms with E-state index in [0.717, 1.165) is 11.8 Å². The van der Waals surface area contributed by atoms with Crippen molar-refractivity contribution in [3.05, 3.63) is 60.2 Å². The molecule has 8 nitrogen and oxygen atoms in total. The van der Waals surface area contributed by atoms with Crippen LogP contribution in [-0.2, 0) is 26.2 Å². The highest BCUT2D eigenvalue weighted by Crippen LogP contribution is 2.30. The van der Waals surface area contributed by atoms with Crippen LogP contribution >= 0.6 is 0 Å². The van der Waals surface area contributed by atoms with Crippen molar-refractivity contribution in [2.45, 2.75) is 59.2 Å². The summed E-state index contributed by atoms with van der Waals surface area (Å²) in [5.41, 5.74) is 1.35. The number of carbonyl (C=O) groups is 2. The van der Waals surface area contributed by atoms with Crippen LogP contribution in [0.2, 0.25) is 0 Å². The average Bonchev–Trinajstić information content (AvgIpc) is 2.80. The maximum atomic E-state index is 13.3. The van der Waals surface area contributed by atoms with Crippen LogP contribution < -0.4 is 14.4 Å². The van der Waals surface area contributed by atoms with E-state index in [1.54, 1.807) is 36.1 Å². The summed E-state index contributed by atoms with van der Waals surface area (Å²) in [6, 6.07) is 15.7. The fraction of sp³-hybridized carbons (Fsp3) is 0.462. The SMILES string of the molecule is CCOc1ccccc1N(CCCC(=O)N(Cc1ccccc1)[C@@H](C)C(=O)NC(C)C)S(C)(=O)=O. The van der Waals surface area contributed by atoms with Gasteiger partial charge in [0.1, 0.15) is 11.8 Å². The van der Waals surface area contributed by atoms with E-state index >= 15 is 0 Å². The van der Waals surface area contributed by atoms with Gasteiger partial charge in [0.15, 0.2) is 0 Å². The zero-order valence-corrected chi connectivity index (χ0v) is 22.0. The molecule has 9 heteroatoms. The first-order chi connectivity index (χ1) is 16.5. The molecule has 0 saturated carbocycles. The Bertz CT molecular complexity index is 1070. The van der Waals surface area contributed by atoms with Gasteiger partial charge in [-0.2, -0.15) is 0 Å². The van der Waals surface area contributed by atoms with E-state index in [4.69, 9.17) is 4.74 Å². The average molecular weight is 504 g/mol. The van der Waals surface area contributed by atoms with E-state index in [1.165, 1.54) is 4.31 Å². The summed E-state index contributed by atoms with van der Waals surface area (Å²) in [4.78, 5) is 27.5. The Labute approximate surface area is 209 Å². The van der Waals surface area contributed by atoms with Crippen LogP contribution in [0, 0.1) is 0 Å². The van der Waals surface area contributed by atoms with Gasteiger partial charge in [-0.15, -0.1) is 0 Å². The molecule has 2 aromatic rings. The number of anilines is 1. The molecule has 0 aliphatic carbocycles. The van der Waals surface area contributed by atoms with Crippen LogP contribution in [0.3, 0.4) is 0 Å². The van der Waals surface area contributed by atoms with Crippen LogP contribution in [0.1, 0.15) is 46.1 Å². The van der Waals surface area contributed by atoms with Crippen LogP contribution in [-0.4, -0.2) is 56.6 Å². The Kier molecular flexibility index (Phi) is 10.6. The summed E-state index contributed by atoms with van der Waals surface area (Å²) < 4.78 is 32.0. The van der Waals surface area contributed by atoms with E-state index in [1.807, 2.05) is 51.1 Å². The first-order valence-corrected chi connectivity index (χ1v) is 13.7. The summed E-state index contributed by atoms with van der Waals surface area (Å²) >= 11 is 0. The minimum absolute atomic E-state index is 0.0487. The molecule has 35 heavy (non-hydrogen) atoms. The predicted molar refractivity (Wildman–Crippen MR) is 139 cm³/mol. The lowest BCUT2D eigenvalue weighted by Crippen LogP contribution is -2.49. The number of hydrogen-bond donors (Lipinski definition) is 1. The molecule has 2 rings (SSSR count). The highest BCUT2D eigenvalue weighted by atomic mass is 32.2. The summed E-state index contributed by atoms with van der Waals surface area (Å²) in [6.07, 6.45) is 1.52. The Morgan fingerprint density at radius 2 is 1.63 bits per heavy atom. The van der Waals surface area contributed by atoms with E-state index in [-0.39, 0.29) is 43.8 Å². The second-order valence-corrected chi connectivity index (χ2v) is 10.6. The van der Waals surface area contributed by atoms with Crippen molar-refractivity contribution in [2.75, 3.05) is 23.7 Å². The van der Waals surface area contributed by atoms with Crippen molar-refractivity contribution >= 4 is 27.5 Å². The minimum atomic E-state index is -3.60. The highest BCUT2D eigenvalue weighted by Gasteiger charge is 2.27. The van der Waals surface area contributed by atoms with Crippen LogP contribution in [0.5, 0.6) is 5.75 Å². The molecule has 0 aliphatic heterocycles. The molecule has 0 unspecified atom stereocenters. The number of ether oxygens (including phenoxy) is 1. The molecule has 0 radical (unpaired) electrons. The minimum Gasteiger partial charge on any atom is -0.492 e. The van der Waals surface area contributed by atoms with Gasteiger partial charge in [0.05, 0.1) is 18.6 Å². The van der Waals surface area contributed by atoms with E-state index in [2.05, 4.69) is 5.32 Å². The predicted octanol–water partition coefficient (Wildman–Crippen LogP) is 3.57.